The number of hydrogen-bond donors (Lipinski definition) is 3. The third-order valence-electron chi connectivity index (χ3n) is 1.71. The Labute approximate surface area is 91.0 Å². The molecule has 0 aromatic carbocycles. The molecule has 16 heavy (non-hydrogen) atoms. The minimum atomic E-state index is -1.26. The normalized spacial score (nSPS) is 11.2. The molecule has 7 heteroatoms. The number of rotatable bonds is 4. The number of aliphatic carboxylic acids is 1. The van der Waals surface area contributed by atoms with Gasteiger partial charge in [0.25, 0.3) is 0 Å². The Morgan fingerprint density at radius 1 is 1.62 bits per heavy atom. The Hall–Kier alpha value is -2.15. The first-order valence-corrected chi connectivity index (χ1v) is 4.31. The molecule has 0 atom stereocenters. The Morgan fingerprint density at radius 3 is 2.81 bits per heavy atom. The van der Waals surface area contributed by atoms with Gasteiger partial charge in [0.15, 0.2) is 0 Å². The Kier molecular flexibility index (Phi) is 3.78. The molecule has 0 aliphatic carbocycles. The highest BCUT2D eigenvalue weighted by molar-refractivity contribution is 5.85. The number of nitrogens with two attached hydrogens (primary N) is 2. The van der Waals surface area contributed by atoms with Crippen molar-refractivity contribution in [1.29, 1.82) is 0 Å². The van der Waals surface area contributed by atoms with Crippen LogP contribution in [0, 0.1) is 5.95 Å². The highest BCUT2D eigenvalue weighted by Gasteiger charge is 2.04. The second-order valence-electron chi connectivity index (χ2n) is 3.05. The second-order valence-corrected chi connectivity index (χ2v) is 3.05. The van der Waals surface area contributed by atoms with E-state index >= 15 is 0 Å². The SMILES string of the molecule is N/C(=C\N(N)Cc1ccc(F)nc1)C(=O)O. The van der Waals surface area contributed by atoms with E-state index < -0.39 is 11.9 Å². The van der Waals surface area contributed by atoms with Crippen molar-refractivity contribution in [3.63, 3.8) is 0 Å². The summed E-state index contributed by atoms with van der Waals surface area (Å²) < 4.78 is 12.5. The minimum Gasteiger partial charge on any atom is -0.477 e. The van der Waals surface area contributed by atoms with Crippen molar-refractivity contribution in [3.05, 3.63) is 41.7 Å². The van der Waals surface area contributed by atoms with Crippen molar-refractivity contribution in [2.45, 2.75) is 6.54 Å². The molecule has 0 saturated carbocycles. The van der Waals surface area contributed by atoms with E-state index in [2.05, 4.69) is 4.98 Å². The van der Waals surface area contributed by atoms with Crippen LogP contribution >= 0.6 is 0 Å². The largest absolute Gasteiger partial charge is 0.477 e. The van der Waals surface area contributed by atoms with E-state index in [0.29, 0.717) is 5.56 Å². The molecular weight excluding hydrogens is 215 g/mol. The molecule has 0 aliphatic heterocycles. The van der Waals surface area contributed by atoms with Gasteiger partial charge >= 0.3 is 5.97 Å². The molecule has 1 aromatic rings. The quantitative estimate of drug-likeness (QED) is 0.284. The van der Waals surface area contributed by atoms with Crippen LogP contribution in [0.4, 0.5) is 4.39 Å². The lowest BCUT2D eigenvalue weighted by atomic mass is 10.3. The van der Waals surface area contributed by atoms with Gasteiger partial charge in [-0.3, -0.25) is 0 Å². The van der Waals surface area contributed by atoms with Crippen LogP contribution in [-0.2, 0) is 11.3 Å². The lowest BCUT2D eigenvalue weighted by molar-refractivity contribution is -0.132. The third-order valence-corrected chi connectivity index (χ3v) is 1.71. The second kappa shape index (κ2) is 5.08. The van der Waals surface area contributed by atoms with E-state index in [-0.39, 0.29) is 12.2 Å². The van der Waals surface area contributed by atoms with Gasteiger partial charge in [0.05, 0.1) is 6.54 Å². The number of pyridine rings is 1. The van der Waals surface area contributed by atoms with E-state index in [1.807, 2.05) is 0 Å². The predicted molar refractivity (Wildman–Crippen MR) is 53.8 cm³/mol. The van der Waals surface area contributed by atoms with Crippen LogP contribution in [0.2, 0.25) is 0 Å². The molecule has 1 aromatic heterocycles. The summed E-state index contributed by atoms with van der Waals surface area (Å²) in [5, 5.41) is 9.58. The first-order chi connectivity index (χ1) is 7.49. The van der Waals surface area contributed by atoms with Gasteiger partial charge in [-0.25, -0.2) is 15.6 Å². The summed E-state index contributed by atoms with van der Waals surface area (Å²) in [6.07, 6.45) is 2.38. The van der Waals surface area contributed by atoms with Crippen LogP contribution in [0.3, 0.4) is 0 Å². The molecule has 5 N–H and O–H groups in total. The van der Waals surface area contributed by atoms with Crippen molar-refractivity contribution in [2.24, 2.45) is 11.6 Å². The van der Waals surface area contributed by atoms with Crippen molar-refractivity contribution < 1.29 is 14.3 Å². The summed E-state index contributed by atoms with van der Waals surface area (Å²) in [5.74, 6) is 3.63. The van der Waals surface area contributed by atoms with Gasteiger partial charge in [-0.1, -0.05) is 6.07 Å². The number of hydrazine groups is 1. The maximum atomic E-state index is 12.5. The molecule has 1 heterocycles. The van der Waals surface area contributed by atoms with Crippen LogP contribution < -0.4 is 11.6 Å². The van der Waals surface area contributed by atoms with Crippen molar-refractivity contribution in [3.8, 4) is 0 Å². The number of carboxylic acid groups (broad SMARTS) is 1. The molecule has 0 spiro atoms. The first-order valence-electron chi connectivity index (χ1n) is 4.31. The van der Waals surface area contributed by atoms with Crippen molar-refractivity contribution >= 4 is 5.97 Å². The zero-order valence-corrected chi connectivity index (χ0v) is 8.30. The molecule has 86 valence electrons. The summed E-state index contributed by atoms with van der Waals surface area (Å²) in [6.45, 7) is 0.182. The number of nitrogens with zero attached hydrogens (tertiary/aromatic N) is 2. The molecule has 0 bridgehead atoms. The Balaban J connectivity index is 2.64. The molecule has 0 amide bonds. The number of carboxylic acids is 1. The van der Waals surface area contributed by atoms with Gasteiger partial charge in [0.2, 0.25) is 5.95 Å². The topological polar surface area (TPSA) is 105 Å². The predicted octanol–water partition coefficient (Wildman–Crippen LogP) is -0.219. The maximum absolute atomic E-state index is 12.5. The highest BCUT2D eigenvalue weighted by Crippen LogP contribution is 2.02. The fourth-order valence-electron chi connectivity index (χ4n) is 0.990. The summed E-state index contributed by atoms with van der Waals surface area (Å²) in [4.78, 5) is 13.8. The Morgan fingerprint density at radius 2 is 2.31 bits per heavy atom. The molecule has 1 rings (SSSR count). The Bertz CT molecular complexity index is 404. The van der Waals surface area contributed by atoms with Gasteiger partial charge in [0, 0.05) is 12.4 Å². The molecule has 0 aliphatic rings. The number of halogens is 1. The summed E-state index contributed by atoms with van der Waals surface area (Å²) in [6, 6.07) is 2.68. The van der Waals surface area contributed by atoms with E-state index in [1.165, 1.54) is 18.3 Å². The summed E-state index contributed by atoms with van der Waals surface area (Å²) in [5.41, 5.74) is 5.42. The summed E-state index contributed by atoms with van der Waals surface area (Å²) in [7, 11) is 0. The fraction of sp³-hybridized carbons (Fsp3) is 0.111. The molecule has 0 radical (unpaired) electrons. The average Bonchev–Trinajstić information content (AvgIpc) is 2.21. The average molecular weight is 226 g/mol. The molecule has 0 fully saturated rings. The first kappa shape index (κ1) is 11.9. The number of aromatic nitrogens is 1. The van der Waals surface area contributed by atoms with Gasteiger partial charge in [-0.05, 0) is 11.6 Å². The molecular formula is C9H11FN4O2. The zero-order valence-electron chi connectivity index (χ0n) is 8.30. The summed E-state index contributed by atoms with van der Waals surface area (Å²) >= 11 is 0. The van der Waals surface area contributed by atoms with Crippen molar-refractivity contribution in [1.82, 2.24) is 9.99 Å². The molecule has 0 unspecified atom stereocenters. The van der Waals surface area contributed by atoms with Crippen LogP contribution in [-0.4, -0.2) is 21.1 Å². The third kappa shape index (κ3) is 3.54. The van der Waals surface area contributed by atoms with Crippen LogP contribution in [0.25, 0.3) is 0 Å². The van der Waals surface area contributed by atoms with E-state index in [4.69, 9.17) is 16.7 Å². The molecule has 0 saturated heterocycles. The van der Waals surface area contributed by atoms with Gasteiger partial charge in [0.1, 0.15) is 5.70 Å². The van der Waals surface area contributed by atoms with Gasteiger partial charge in [-0.15, -0.1) is 0 Å². The van der Waals surface area contributed by atoms with E-state index in [9.17, 15) is 9.18 Å². The van der Waals surface area contributed by atoms with Gasteiger partial charge < -0.3 is 15.8 Å². The number of carbonyl (C=O) groups is 1. The standard InChI is InChI=1S/C9H11FN4O2/c10-8-2-1-6(3-13-8)4-14(12)5-7(11)9(15)16/h1-3,5H,4,11-12H2,(H,15,16)/b7-5-. The highest BCUT2D eigenvalue weighted by atomic mass is 19.1. The fourth-order valence-corrected chi connectivity index (χ4v) is 0.990. The van der Waals surface area contributed by atoms with Gasteiger partial charge in [-0.2, -0.15) is 4.39 Å². The van der Waals surface area contributed by atoms with E-state index in [1.54, 1.807) is 0 Å². The zero-order chi connectivity index (χ0) is 12.1. The van der Waals surface area contributed by atoms with E-state index in [0.717, 1.165) is 11.2 Å². The smallest absolute Gasteiger partial charge is 0.353 e. The molecule has 6 nitrogen and oxygen atoms in total. The van der Waals surface area contributed by atoms with Crippen LogP contribution in [0.1, 0.15) is 5.56 Å². The lowest BCUT2D eigenvalue weighted by Gasteiger charge is -2.13. The van der Waals surface area contributed by atoms with Crippen LogP contribution in [0.15, 0.2) is 30.2 Å². The lowest BCUT2D eigenvalue weighted by Crippen LogP contribution is -2.27. The maximum Gasteiger partial charge on any atom is 0.353 e. The monoisotopic (exact) mass is 226 g/mol. The minimum absolute atomic E-state index is 0.182. The van der Waals surface area contributed by atoms with Crippen molar-refractivity contribution in [2.75, 3.05) is 0 Å². The van der Waals surface area contributed by atoms with Crippen LogP contribution in [0.5, 0.6) is 0 Å². The number of hydrogen-bond acceptors (Lipinski definition) is 5.